The summed E-state index contributed by atoms with van der Waals surface area (Å²) in [5.74, 6) is -8.88. The molecule has 2 fully saturated rings. The minimum atomic E-state index is -1.80. The number of aliphatic hydroxyl groups is 1. The van der Waals surface area contributed by atoms with Crippen molar-refractivity contribution in [2.24, 2.45) is 28.1 Å². The van der Waals surface area contributed by atoms with Crippen LogP contribution in [0, 0.1) is 5.92 Å². The van der Waals surface area contributed by atoms with E-state index in [1.807, 2.05) is 0 Å². The van der Waals surface area contributed by atoms with Gasteiger partial charge >= 0.3 is 0 Å². The molecular weight excluding hydrogens is 1220 g/mol. The second-order valence-electron chi connectivity index (χ2n) is 23.4. The fraction of sp³-hybridized carbons (Fsp3) is 0.525. The number of imidazole rings is 1. The molecule has 94 heavy (non-hydrogen) atoms. The number of benzene rings is 1. The van der Waals surface area contributed by atoms with Crippen LogP contribution in [0.5, 0.6) is 5.75 Å². The van der Waals surface area contributed by atoms with E-state index in [-0.39, 0.29) is 113 Å². The third kappa shape index (κ3) is 23.0. The first-order chi connectivity index (χ1) is 44.9. The highest BCUT2D eigenvalue weighted by molar-refractivity contribution is 5.99. The predicted octanol–water partition coefficient (Wildman–Crippen LogP) is -4.73. The van der Waals surface area contributed by atoms with Crippen molar-refractivity contribution >= 4 is 82.8 Å². The van der Waals surface area contributed by atoms with Gasteiger partial charge in [-0.2, -0.15) is 4.98 Å². The van der Waals surface area contributed by atoms with Crippen LogP contribution < -0.4 is 76.1 Å². The van der Waals surface area contributed by atoms with Gasteiger partial charge in [0.05, 0.1) is 12.9 Å². The summed E-state index contributed by atoms with van der Waals surface area (Å²) in [6, 6.07) is -4.46. The molecule has 0 aliphatic carbocycles. The number of nitrogens with two attached hydrogens (primary N) is 4. The third-order valence-corrected chi connectivity index (χ3v) is 15.4. The van der Waals surface area contributed by atoms with Gasteiger partial charge in [-0.1, -0.05) is 32.0 Å². The molecule has 1 aromatic carbocycles. The zero-order valence-corrected chi connectivity index (χ0v) is 52.5. The number of aliphatic imine (C=N–C) groups is 1. The van der Waals surface area contributed by atoms with Gasteiger partial charge in [0, 0.05) is 69.6 Å². The first-order valence-electron chi connectivity index (χ1n) is 30.9. The quantitative estimate of drug-likeness (QED) is 0.0115. The van der Waals surface area contributed by atoms with Gasteiger partial charge in [-0.05, 0) is 100.0 Å². The molecule has 0 bridgehead atoms. The maximum atomic E-state index is 14.8. The van der Waals surface area contributed by atoms with Gasteiger partial charge in [-0.3, -0.25) is 62.7 Å². The molecule has 2 aliphatic rings. The van der Waals surface area contributed by atoms with Crippen molar-refractivity contribution < 1.29 is 63.0 Å². The topological polar surface area (TPSA) is 551 Å². The molecule has 11 amide bonds. The summed E-state index contributed by atoms with van der Waals surface area (Å²) in [6.45, 7) is 4.40. The summed E-state index contributed by atoms with van der Waals surface area (Å²) >= 11 is 0. The number of rotatable bonds is 37. The van der Waals surface area contributed by atoms with Crippen molar-refractivity contribution in [3.63, 3.8) is 0 Å². The lowest BCUT2D eigenvalue weighted by Crippen LogP contribution is -2.61. The standard InChI is InChI=1S/C59H86N22O13/c1-31(2)23-40(50(88)72-39(10-4-5-20-67-59-78-58(63)79-80-59)56(94)81-22-8-12-45(81)55(93)69-32(3)47(60)85)73-48(86)37(11-7-21-66-57(61)62)71-51(89)41(24-33-13-15-36(83)16-14-33)75-54(92)44(29-82)77-52(90)42(25-34-9-6-19-64-27-34)74-53(91)43(26-35-28-65-30-68-35)76-49(87)38-17-18-46(84)70-38/h6,9,13-16,19,27-28,30-32,37-45,82-83H,4-5,7-8,10-12,17-18,20-26,29H2,1-3H3,(H2,60,85)(H,65,68)(H,69,93)(H,70,84)(H,71,89)(H,72,88)(H,73,86)(H,74,91)(H,75,92)(H,76,87)(H,77,90)(H4,61,62,66)(H4,63,67,78,79,80)/t32-,37-,38+,39+,40+,41+,42-,43+,44+,45+/m1/s1. The molecule has 35 nitrogen and oxygen atoms in total. The van der Waals surface area contributed by atoms with E-state index in [1.165, 1.54) is 61.0 Å². The normalized spacial score (nSPS) is 16.9. The zero-order valence-electron chi connectivity index (χ0n) is 52.5. The molecule has 35 heteroatoms. The number of primary amides is 1. The summed E-state index contributed by atoms with van der Waals surface area (Å²) in [6.07, 6.45) is 6.81. The third-order valence-electron chi connectivity index (χ3n) is 15.4. The molecule has 3 aromatic heterocycles. The smallest absolute Gasteiger partial charge is 0.245 e. The summed E-state index contributed by atoms with van der Waals surface area (Å²) in [4.78, 5) is 173. The molecule has 2 saturated heterocycles. The van der Waals surface area contributed by atoms with Crippen molar-refractivity contribution in [3.8, 4) is 5.75 Å². The number of amides is 11. The van der Waals surface area contributed by atoms with Gasteiger partial charge in [0.2, 0.25) is 76.9 Å². The summed E-state index contributed by atoms with van der Waals surface area (Å²) < 4.78 is 0. The Hall–Kier alpha value is -10.5. The van der Waals surface area contributed by atoms with Crippen molar-refractivity contribution in [3.05, 3.63) is 78.1 Å². The molecule has 10 atom stereocenters. The number of likely N-dealkylation sites (tertiary alicyclic amines) is 1. The van der Waals surface area contributed by atoms with Crippen molar-refractivity contribution in [1.29, 1.82) is 0 Å². The van der Waals surface area contributed by atoms with Crippen LogP contribution in [-0.2, 0) is 72.0 Å². The zero-order chi connectivity index (χ0) is 68.4. The first kappa shape index (κ1) is 72.6. The highest BCUT2D eigenvalue weighted by atomic mass is 16.3. The molecule has 2 aliphatic heterocycles. The van der Waals surface area contributed by atoms with Crippen LogP contribution in [0.15, 0.2) is 66.3 Å². The van der Waals surface area contributed by atoms with E-state index >= 15 is 0 Å². The Bertz CT molecular complexity index is 3260. The number of unbranched alkanes of at least 4 members (excludes halogenated alkanes) is 1. The number of anilines is 2. The molecule has 5 heterocycles. The number of hydrogen-bond acceptors (Lipinski definition) is 20. The van der Waals surface area contributed by atoms with Crippen LogP contribution in [0.1, 0.15) is 102 Å². The number of aromatic amines is 2. The number of phenolic OH excluding ortho intramolecular Hbond substituents is 1. The van der Waals surface area contributed by atoms with Crippen LogP contribution in [0.4, 0.5) is 11.9 Å². The van der Waals surface area contributed by atoms with Crippen LogP contribution in [0.2, 0.25) is 0 Å². The number of carbonyl (C=O) groups is 11. The van der Waals surface area contributed by atoms with Crippen molar-refractivity contribution in [2.45, 2.75) is 165 Å². The first-order valence-corrected chi connectivity index (χ1v) is 30.9. The van der Waals surface area contributed by atoms with Crippen molar-refractivity contribution in [1.82, 2.24) is 82.9 Å². The number of aliphatic hydroxyl groups excluding tert-OH is 1. The number of guanidine groups is 1. The molecule has 510 valence electrons. The van der Waals surface area contributed by atoms with E-state index in [2.05, 4.69) is 88.3 Å². The fourth-order valence-electron chi connectivity index (χ4n) is 10.4. The van der Waals surface area contributed by atoms with Crippen LogP contribution in [0.3, 0.4) is 0 Å². The van der Waals surface area contributed by atoms with Gasteiger partial charge in [0.1, 0.15) is 66.2 Å². The average molecular weight is 1310 g/mol. The molecule has 6 rings (SSSR count). The highest BCUT2D eigenvalue weighted by Crippen LogP contribution is 2.22. The Morgan fingerprint density at radius 2 is 1.31 bits per heavy atom. The van der Waals surface area contributed by atoms with Crippen LogP contribution >= 0.6 is 0 Å². The number of carbonyl (C=O) groups excluding carboxylic acids is 11. The van der Waals surface area contributed by atoms with Gasteiger partial charge in [-0.25, -0.2) is 10.1 Å². The second-order valence-corrected chi connectivity index (χ2v) is 23.4. The number of phenols is 1. The van der Waals surface area contributed by atoms with E-state index in [1.54, 1.807) is 26.0 Å². The van der Waals surface area contributed by atoms with E-state index < -0.39 is 126 Å². The lowest BCUT2D eigenvalue weighted by atomic mass is 10.00. The largest absolute Gasteiger partial charge is 0.508 e. The van der Waals surface area contributed by atoms with Gasteiger partial charge in [-0.15, -0.1) is 5.10 Å². The van der Waals surface area contributed by atoms with Gasteiger partial charge < -0.3 is 96.2 Å². The number of hydrogen-bond donors (Lipinski definition) is 18. The Morgan fingerprint density at radius 1 is 0.691 bits per heavy atom. The minimum Gasteiger partial charge on any atom is -0.508 e. The predicted molar refractivity (Wildman–Crippen MR) is 338 cm³/mol. The van der Waals surface area contributed by atoms with E-state index in [9.17, 15) is 63.0 Å². The van der Waals surface area contributed by atoms with Gasteiger partial charge in [0.25, 0.3) is 0 Å². The number of pyridine rings is 1. The van der Waals surface area contributed by atoms with Crippen molar-refractivity contribution in [2.75, 3.05) is 37.3 Å². The number of nitrogens with zero attached hydrogens (tertiary/aromatic N) is 6. The molecule has 0 spiro atoms. The number of aromatic hydroxyl groups is 1. The van der Waals surface area contributed by atoms with Crippen LogP contribution in [-0.4, -0.2) is 203 Å². The number of nitrogens with one attached hydrogen (secondary N) is 12. The lowest BCUT2D eigenvalue weighted by molar-refractivity contribution is -0.142. The number of nitrogen functional groups attached to an aromatic ring is 1. The SMILES string of the molecule is CC(C)C[C@H](NC(=O)[C@@H](CCCN=C(N)N)NC(=O)[C@H](Cc1ccc(O)cc1)NC(=O)[C@H](CO)NC(=O)[C@@H](Cc1cccnc1)NC(=O)[C@H](Cc1cnc[nH]1)NC(=O)[C@@H]1CCC(=O)N1)C(=O)N[C@@H](CCCCNc1n[nH]c(N)n1)C(=O)N1CCC[C@H]1C(=O)N[C@H](C)C(N)=O. The molecule has 0 unspecified atom stereocenters. The molecule has 4 aromatic rings. The Morgan fingerprint density at radius 3 is 1.90 bits per heavy atom. The Kier molecular flexibility index (Phi) is 27.8. The van der Waals surface area contributed by atoms with Gasteiger partial charge in [0.15, 0.2) is 5.96 Å². The Balaban J connectivity index is 1.22. The van der Waals surface area contributed by atoms with E-state index in [0.717, 1.165) is 0 Å². The molecule has 0 radical (unpaired) electrons. The molecule has 22 N–H and O–H groups in total. The number of aromatic nitrogens is 6. The monoisotopic (exact) mass is 1310 g/mol. The number of H-pyrrole nitrogens is 2. The second kappa shape index (κ2) is 35.9. The minimum absolute atomic E-state index is 0.0147. The summed E-state index contributed by atoms with van der Waals surface area (Å²) in [5.41, 5.74) is 23.5. The van der Waals surface area contributed by atoms with E-state index in [4.69, 9.17) is 22.9 Å². The maximum absolute atomic E-state index is 14.8. The summed E-state index contributed by atoms with van der Waals surface area (Å²) in [5, 5.41) is 54.0. The summed E-state index contributed by atoms with van der Waals surface area (Å²) in [7, 11) is 0. The van der Waals surface area contributed by atoms with E-state index in [0.29, 0.717) is 42.6 Å². The molecular formula is C59H86N22O13. The lowest BCUT2D eigenvalue weighted by Gasteiger charge is -2.31. The fourth-order valence-corrected chi connectivity index (χ4v) is 10.4. The maximum Gasteiger partial charge on any atom is 0.245 e. The molecule has 0 saturated carbocycles. The van der Waals surface area contributed by atoms with Crippen LogP contribution in [0.25, 0.3) is 0 Å². The highest BCUT2D eigenvalue weighted by Gasteiger charge is 2.40. The average Bonchev–Trinajstić information content (AvgIpc) is 1.52. The Labute approximate surface area is 540 Å².